The Hall–Kier alpha value is -3.95. The van der Waals surface area contributed by atoms with E-state index in [1.807, 2.05) is 0 Å². The summed E-state index contributed by atoms with van der Waals surface area (Å²) < 4.78 is 86.3. The van der Waals surface area contributed by atoms with Gasteiger partial charge in [0.25, 0.3) is 16.0 Å². The molecule has 3 amide bonds. The number of rotatable bonds is 7. The molecule has 0 aliphatic carbocycles. The molecule has 40 heavy (non-hydrogen) atoms. The van der Waals surface area contributed by atoms with E-state index in [2.05, 4.69) is 20.9 Å². The van der Waals surface area contributed by atoms with E-state index in [1.165, 1.54) is 43.6 Å². The Labute approximate surface area is 231 Å². The lowest BCUT2D eigenvalue weighted by molar-refractivity contribution is -0.137. The van der Waals surface area contributed by atoms with Crippen molar-refractivity contribution in [1.29, 1.82) is 0 Å². The first-order chi connectivity index (χ1) is 18.6. The number of benzene rings is 2. The largest absolute Gasteiger partial charge is 0.457 e. The maximum Gasteiger partial charge on any atom is 0.417 e. The van der Waals surface area contributed by atoms with Crippen LogP contribution in [0.25, 0.3) is 0 Å². The molecule has 0 radical (unpaired) electrons. The third-order valence-corrected chi connectivity index (χ3v) is 5.86. The summed E-state index contributed by atoms with van der Waals surface area (Å²) in [7, 11) is -2.23. The second-order valence-corrected chi connectivity index (χ2v) is 9.74. The standard InChI is InChI=1S/C21H15ClF4N4O3.C3H8O3S/c1-27-19(31)18-10-13(6-7-28-18)33-12-3-5-17(16(23)9-12)30-20(32)29-11-2-4-15(22)14(8-11)21(24,25)26;1-2-3-7(4,5)6/h2-10H,1H3,(H,27,31)(H2,29,30,32);2-3H2,1H3,(H,4,5,6). The number of hydrogen-bond donors (Lipinski definition) is 4. The summed E-state index contributed by atoms with van der Waals surface area (Å²) in [4.78, 5) is 27.6. The number of alkyl halides is 3. The van der Waals surface area contributed by atoms with Crippen LogP contribution in [-0.4, -0.2) is 42.7 Å². The van der Waals surface area contributed by atoms with Gasteiger partial charge in [-0.2, -0.15) is 21.6 Å². The van der Waals surface area contributed by atoms with E-state index < -0.39 is 44.6 Å². The molecule has 0 saturated heterocycles. The van der Waals surface area contributed by atoms with Gasteiger partial charge in [0.15, 0.2) is 0 Å². The number of anilines is 2. The molecule has 2 aromatic carbocycles. The van der Waals surface area contributed by atoms with Crippen LogP contribution in [-0.2, 0) is 16.3 Å². The van der Waals surface area contributed by atoms with E-state index in [1.54, 1.807) is 6.92 Å². The lowest BCUT2D eigenvalue weighted by Gasteiger charge is -2.13. The molecule has 1 aromatic heterocycles. The quantitative estimate of drug-likeness (QED) is 0.191. The van der Waals surface area contributed by atoms with E-state index in [0.717, 1.165) is 12.1 Å². The van der Waals surface area contributed by atoms with Gasteiger partial charge in [0.2, 0.25) is 0 Å². The van der Waals surface area contributed by atoms with Gasteiger partial charge < -0.3 is 20.7 Å². The topological polar surface area (TPSA) is 147 Å². The summed E-state index contributed by atoms with van der Waals surface area (Å²) >= 11 is 5.54. The highest BCUT2D eigenvalue weighted by Crippen LogP contribution is 2.36. The molecule has 0 bridgehead atoms. The van der Waals surface area contributed by atoms with E-state index in [-0.39, 0.29) is 34.3 Å². The first-order valence-electron chi connectivity index (χ1n) is 11.2. The zero-order valence-electron chi connectivity index (χ0n) is 20.8. The van der Waals surface area contributed by atoms with Crippen molar-refractivity contribution in [2.24, 2.45) is 0 Å². The predicted octanol–water partition coefficient (Wildman–Crippen LogP) is 5.97. The molecule has 0 aliphatic rings. The summed E-state index contributed by atoms with van der Waals surface area (Å²) in [5.74, 6) is -1.13. The number of amides is 3. The highest BCUT2D eigenvalue weighted by molar-refractivity contribution is 7.85. The van der Waals surface area contributed by atoms with E-state index in [0.29, 0.717) is 12.5 Å². The fourth-order valence-electron chi connectivity index (χ4n) is 2.89. The zero-order valence-corrected chi connectivity index (χ0v) is 22.4. The van der Waals surface area contributed by atoms with Crippen molar-refractivity contribution >= 4 is 45.0 Å². The maximum absolute atomic E-state index is 14.4. The number of aromatic nitrogens is 1. The Bertz CT molecular complexity index is 1470. The van der Waals surface area contributed by atoms with Crippen molar-refractivity contribution in [1.82, 2.24) is 10.3 Å². The minimum absolute atomic E-state index is 0.0695. The number of urea groups is 1. The fraction of sp³-hybridized carbons (Fsp3) is 0.208. The number of nitrogens with zero attached hydrogens (tertiary/aromatic N) is 1. The van der Waals surface area contributed by atoms with Crippen LogP contribution in [0.3, 0.4) is 0 Å². The smallest absolute Gasteiger partial charge is 0.417 e. The molecule has 3 rings (SSSR count). The molecule has 0 unspecified atom stereocenters. The Morgan fingerprint density at radius 3 is 2.27 bits per heavy atom. The van der Waals surface area contributed by atoms with Gasteiger partial charge in [-0.3, -0.25) is 14.3 Å². The van der Waals surface area contributed by atoms with Gasteiger partial charge in [0, 0.05) is 31.1 Å². The molecule has 3 aromatic rings. The van der Waals surface area contributed by atoms with E-state index >= 15 is 0 Å². The van der Waals surface area contributed by atoms with Crippen molar-refractivity contribution in [2.45, 2.75) is 19.5 Å². The lowest BCUT2D eigenvalue weighted by Crippen LogP contribution is -2.20. The minimum Gasteiger partial charge on any atom is -0.457 e. The van der Waals surface area contributed by atoms with Crippen LogP contribution >= 0.6 is 11.6 Å². The summed E-state index contributed by atoms with van der Waals surface area (Å²) in [5.41, 5.74) is -1.45. The predicted molar refractivity (Wildman–Crippen MR) is 140 cm³/mol. The number of carbonyl (C=O) groups is 2. The van der Waals surface area contributed by atoms with Crippen LogP contribution in [0.2, 0.25) is 5.02 Å². The van der Waals surface area contributed by atoms with Crippen molar-refractivity contribution < 1.29 is 44.9 Å². The molecule has 0 fully saturated rings. The van der Waals surface area contributed by atoms with Gasteiger partial charge in [0.1, 0.15) is 23.0 Å². The molecule has 0 spiro atoms. The Kier molecular flexibility index (Phi) is 11.2. The number of halogens is 5. The number of ether oxygens (including phenoxy) is 1. The number of pyridine rings is 1. The van der Waals surface area contributed by atoms with Crippen molar-refractivity contribution in [3.63, 3.8) is 0 Å². The van der Waals surface area contributed by atoms with Crippen molar-refractivity contribution in [3.8, 4) is 11.5 Å². The molecule has 0 saturated carbocycles. The van der Waals surface area contributed by atoms with Gasteiger partial charge in [-0.05, 0) is 42.8 Å². The van der Waals surface area contributed by atoms with Crippen LogP contribution in [0.15, 0.2) is 54.7 Å². The molecule has 16 heteroatoms. The van der Waals surface area contributed by atoms with Crippen LogP contribution in [0.4, 0.5) is 33.7 Å². The molecule has 216 valence electrons. The van der Waals surface area contributed by atoms with Crippen LogP contribution in [0, 0.1) is 5.82 Å². The zero-order chi connectivity index (χ0) is 30.1. The molecular weight excluding hydrogens is 584 g/mol. The van der Waals surface area contributed by atoms with Crippen LogP contribution < -0.4 is 20.7 Å². The monoisotopic (exact) mass is 606 g/mol. The number of hydrogen-bond acceptors (Lipinski definition) is 6. The fourth-order valence-corrected chi connectivity index (χ4v) is 3.63. The first-order valence-corrected chi connectivity index (χ1v) is 13.2. The SMILES string of the molecule is CCCS(=O)(=O)O.CNC(=O)c1cc(Oc2ccc(NC(=O)Nc3ccc(Cl)c(C(F)(F)F)c3)c(F)c2)ccn1. The molecule has 0 aliphatic heterocycles. The molecule has 10 nitrogen and oxygen atoms in total. The molecular formula is C24H23ClF4N4O6S. The number of carbonyl (C=O) groups excluding carboxylic acids is 2. The highest BCUT2D eigenvalue weighted by Gasteiger charge is 2.33. The lowest BCUT2D eigenvalue weighted by atomic mass is 10.2. The molecule has 0 atom stereocenters. The van der Waals surface area contributed by atoms with E-state index in [4.69, 9.17) is 20.9 Å². The van der Waals surface area contributed by atoms with E-state index in [9.17, 15) is 35.6 Å². The third-order valence-electron chi connectivity index (χ3n) is 4.61. The Morgan fingerprint density at radius 1 is 1.05 bits per heavy atom. The first kappa shape index (κ1) is 32.3. The van der Waals surface area contributed by atoms with Crippen LogP contribution in [0.5, 0.6) is 11.5 Å². The Morgan fingerprint density at radius 2 is 1.73 bits per heavy atom. The molecule has 1 heterocycles. The summed E-state index contributed by atoms with van der Waals surface area (Å²) in [6, 6.07) is 8.21. The van der Waals surface area contributed by atoms with Gasteiger partial charge in [-0.25, -0.2) is 9.18 Å². The number of nitrogens with one attached hydrogen (secondary N) is 3. The summed E-state index contributed by atoms with van der Waals surface area (Å²) in [5, 5.41) is 6.27. The Balaban J connectivity index is 0.000000708. The van der Waals surface area contributed by atoms with Crippen molar-refractivity contribution in [2.75, 3.05) is 23.4 Å². The molecule has 4 N–H and O–H groups in total. The minimum atomic E-state index is -4.71. The van der Waals surface area contributed by atoms with Gasteiger partial charge >= 0.3 is 12.2 Å². The maximum atomic E-state index is 14.4. The average Bonchev–Trinajstić information content (AvgIpc) is 2.85. The average molecular weight is 607 g/mol. The highest BCUT2D eigenvalue weighted by atomic mass is 35.5. The van der Waals surface area contributed by atoms with Gasteiger partial charge in [-0.15, -0.1) is 0 Å². The normalized spacial score (nSPS) is 11.1. The van der Waals surface area contributed by atoms with Crippen molar-refractivity contribution in [3.05, 3.63) is 76.8 Å². The summed E-state index contributed by atoms with van der Waals surface area (Å²) in [6.07, 6.45) is -2.89. The van der Waals surface area contributed by atoms with Gasteiger partial charge in [0.05, 0.1) is 22.0 Å². The summed E-state index contributed by atoms with van der Waals surface area (Å²) in [6.45, 7) is 1.69. The third kappa shape index (κ3) is 10.3. The van der Waals surface area contributed by atoms with Crippen LogP contribution in [0.1, 0.15) is 29.4 Å². The van der Waals surface area contributed by atoms with Gasteiger partial charge in [-0.1, -0.05) is 18.5 Å². The second kappa shape index (κ2) is 13.9. The second-order valence-electron chi connectivity index (χ2n) is 7.76.